The van der Waals surface area contributed by atoms with Crippen molar-refractivity contribution in [2.75, 3.05) is 13.2 Å². The van der Waals surface area contributed by atoms with Gasteiger partial charge in [0.25, 0.3) is 0 Å². The van der Waals surface area contributed by atoms with Gasteiger partial charge in [-0.2, -0.15) is 0 Å². The first-order chi connectivity index (χ1) is 5.06. The summed E-state index contributed by atoms with van der Waals surface area (Å²) in [6, 6.07) is 0. The predicted molar refractivity (Wildman–Crippen MR) is 43.4 cm³/mol. The highest BCUT2D eigenvalue weighted by Gasteiger charge is 2.37. The van der Waals surface area contributed by atoms with Crippen LogP contribution in [0.2, 0.25) is 0 Å². The van der Waals surface area contributed by atoms with E-state index in [1.54, 1.807) is 0 Å². The molecule has 0 amide bonds. The second kappa shape index (κ2) is 2.94. The van der Waals surface area contributed by atoms with Crippen molar-refractivity contribution in [1.82, 2.24) is 0 Å². The molecule has 2 heteroatoms. The summed E-state index contributed by atoms with van der Waals surface area (Å²) in [7, 11) is 0. The van der Waals surface area contributed by atoms with Gasteiger partial charge in [-0.15, -0.1) is 0 Å². The van der Waals surface area contributed by atoms with Crippen LogP contribution in [0.4, 0.5) is 0 Å². The number of Topliss-reactive ketones (excluding diaryl/α,β-unsaturated/α-hetero) is 1. The molecule has 64 valence electrons. The summed E-state index contributed by atoms with van der Waals surface area (Å²) < 4.78 is 5.21. The van der Waals surface area contributed by atoms with Crippen molar-refractivity contribution in [1.29, 1.82) is 0 Å². The summed E-state index contributed by atoms with van der Waals surface area (Å²) in [5.41, 5.74) is -0.186. The van der Waals surface area contributed by atoms with Crippen LogP contribution in [0.25, 0.3) is 0 Å². The fourth-order valence-corrected chi connectivity index (χ4v) is 1.56. The van der Waals surface area contributed by atoms with Crippen LogP contribution >= 0.6 is 0 Å². The summed E-state index contributed by atoms with van der Waals surface area (Å²) in [6.07, 6.45) is 0.893. The second-order valence-corrected chi connectivity index (χ2v) is 3.88. The van der Waals surface area contributed by atoms with Gasteiger partial charge in [-0.25, -0.2) is 0 Å². The summed E-state index contributed by atoms with van der Waals surface area (Å²) in [5, 5.41) is 0. The van der Waals surface area contributed by atoms with Gasteiger partial charge in [-0.05, 0) is 6.42 Å². The molecule has 1 fully saturated rings. The maximum Gasteiger partial charge on any atom is 0.143 e. The van der Waals surface area contributed by atoms with E-state index in [0.29, 0.717) is 12.4 Å². The lowest BCUT2D eigenvalue weighted by atomic mass is 9.80. The molecule has 0 aromatic heterocycles. The van der Waals surface area contributed by atoms with E-state index in [0.717, 1.165) is 13.0 Å². The Morgan fingerprint density at radius 1 is 1.55 bits per heavy atom. The summed E-state index contributed by atoms with van der Waals surface area (Å²) >= 11 is 0. The van der Waals surface area contributed by atoms with E-state index >= 15 is 0 Å². The van der Waals surface area contributed by atoms with E-state index in [4.69, 9.17) is 4.74 Å². The first-order valence-electron chi connectivity index (χ1n) is 4.18. The lowest BCUT2D eigenvalue weighted by Gasteiger charge is -2.21. The Kier molecular flexibility index (Phi) is 2.33. The topological polar surface area (TPSA) is 26.3 Å². The first-order valence-corrected chi connectivity index (χ1v) is 4.18. The molecule has 1 saturated heterocycles. The normalized spacial score (nSPS) is 31.3. The Bertz CT molecular complexity index is 155. The molecule has 0 radical (unpaired) electrons. The van der Waals surface area contributed by atoms with Crippen molar-refractivity contribution in [2.45, 2.75) is 27.2 Å². The average molecular weight is 156 g/mol. The number of ether oxygens (including phenoxy) is 1. The average Bonchev–Trinajstić information content (AvgIpc) is 2.35. The van der Waals surface area contributed by atoms with Gasteiger partial charge in [-0.1, -0.05) is 20.8 Å². The first kappa shape index (κ1) is 8.72. The SMILES string of the molecule is CC(C)C(=O)[C@]1(C)CCOC1. The smallest absolute Gasteiger partial charge is 0.143 e. The minimum absolute atomic E-state index is 0.140. The maximum atomic E-state index is 11.6. The van der Waals surface area contributed by atoms with Crippen LogP contribution in [0, 0.1) is 11.3 Å². The van der Waals surface area contributed by atoms with Gasteiger partial charge in [0.1, 0.15) is 5.78 Å². The van der Waals surface area contributed by atoms with Gasteiger partial charge < -0.3 is 4.74 Å². The number of ketones is 1. The molecule has 0 saturated carbocycles. The zero-order valence-electron chi connectivity index (χ0n) is 7.52. The van der Waals surface area contributed by atoms with Crippen LogP contribution < -0.4 is 0 Å². The molecule has 11 heavy (non-hydrogen) atoms. The molecule has 1 aliphatic heterocycles. The van der Waals surface area contributed by atoms with Crippen LogP contribution in [-0.4, -0.2) is 19.0 Å². The quantitative estimate of drug-likeness (QED) is 0.607. The number of hydrogen-bond donors (Lipinski definition) is 0. The molecule has 0 aliphatic carbocycles. The molecule has 1 rings (SSSR count). The molecule has 0 aromatic rings. The number of carbonyl (C=O) groups is 1. The van der Waals surface area contributed by atoms with Gasteiger partial charge in [0.15, 0.2) is 0 Å². The van der Waals surface area contributed by atoms with Gasteiger partial charge in [0.2, 0.25) is 0 Å². The molecular formula is C9H16O2. The number of carbonyl (C=O) groups excluding carboxylic acids is 1. The molecule has 1 aliphatic rings. The highest BCUT2D eigenvalue weighted by molar-refractivity contribution is 5.86. The van der Waals surface area contributed by atoms with E-state index in [9.17, 15) is 4.79 Å². The largest absolute Gasteiger partial charge is 0.380 e. The van der Waals surface area contributed by atoms with Crippen molar-refractivity contribution >= 4 is 5.78 Å². The third kappa shape index (κ3) is 1.62. The van der Waals surface area contributed by atoms with Crippen LogP contribution in [0.15, 0.2) is 0 Å². The van der Waals surface area contributed by atoms with Gasteiger partial charge >= 0.3 is 0 Å². The van der Waals surface area contributed by atoms with Crippen molar-refractivity contribution < 1.29 is 9.53 Å². The lowest BCUT2D eigenvalue weighted by molar-refractivity contribution is -0.131. The maximum absolute atomic E-state index is 11.6. The van der Waals surface area contributed by atoms with Crippen LogP contribution in [0.1, 0.15) is 27.2 Å². The van der Waals surface area contributed by atoms with E-state index in [-0.39, 0.29) is 11.3 Å². The molecule has 2 nitrogen and oxygen atoms in total. The zero-order valence-corrected chi connectivity index (χ0v) is 7.52. The molecule has 0 bridgehead atoms. The van der Waals surface area contributed by atoms with E-state index < -0.39 is 0 Å². The van der Waals surface area contributed by atoms with Gasteiger partial charge in [-0.3, -0.25) is 4.79 Å². The lowest BCUT2D eigenvalue weighted by Crippen LogP contribution is -2.31. The Morgan fingerprint density at radius 2 is 2.18 bits per heavy atom. The third-order valence-corrected chi connectivity index (χ3v) is 2.34. The van der Waals surface area contributed by atoms with Gasteiger partial charge in [0.05, 0.1) is 12.0 Å². The minimum atomic E-state index is -0.186. The van der Waals surface area contributed by atoms with Crippen LogP contribution in [0.5, 0.6) is 0 Å². The Hall–Kier alpha value is -0.370. The molecular weight excluding hydrogens is 140 g/mol. The van der Waals surface area contributed by atoms with E-state index in [2.05, 4.69) is 0 Å². The van der Waals surface area contributed by atoms with Crippen molar-refractivity contribution in [3.8, 4) is 0 Å². The van der Waals surface area contributed by atoms with Crippen molar-refractivity contribution in [3.05, 3.63) is 0 Å². The van der Waals surface area contributed by atoms with Gasteiger partial charge in [0, 0.05) is 12.5 Å². The Labute approximate surface area is 67.9 Å². The standard InChI is InChI=1S/C9H16O2/c1-7(2)8(10)9(3)4-5-11-6-9/h7H,4-6H2,1-3H3/t9-/m1/s1. The molecule has 0 spiro atoms. The van der Waals surface area contributed by atoms with Crippen molar-refractivity contribution in [2.24, 2.45) is 11.3 Å². The fraction of sp³-hybridized carbons (Fsp3) is 0.889. The minimum Gasteiger partial charge on any atom is -0.380 e. The zero-order chi connectivity index (χ0) is 8.48. The third-order valence-electron chi connectivity index (χ3n) is 2.34. The van der Waals surface area contributed by atoms with Crippen LogP contribution in [0.3, 0.4) is 0 Å². The van der Waals surface area contributed by atoms with Crippen LogP contribution in [-0.2, 0) is 9.53 Å². The Morgan fingerprint density at radius 3 is 2.55 bits per heavy atom. The monoisotopic (exact) mass is 156 g/mol. The molecule has 0 unspecified atom stereocenters. The number of rotatable bonds is 2. The highest BCUT2D eigenvalue weighted by atomic mass is 16.5. The molecule has 1 heterocycles. The second-order valence-electron chi connectivity index (χ2n) is 3.88. The van der Waals surface area contributed by atoms with Crippen molar-refractivity contribution in [3.63, 3.8) is 0 Å². The Balaban J connectivity index is 2.64. The number of hydrogen-bond acceptors (Lipinski definition) is 2. The summed E-state index contributed by atoms with van der Waals surface area (Å²) in [4.78, 5) is 11.6. The van der Waals surface area contributed by atoms with E-state index in [1.165, 1.54) is 0 Å². The van der Waals surface area contributed by atoms with E-state index in [1.807, 2.05) is 20.8 Å². The molecule has 0 aromatic carbocycles. The summed E-state index contributed by atoms with van der Waals surface area (Å²) in [6.45, 7) is 7.26. The highest BCUT2D eigenvalue weighted by Crippen LogP contribution is 2.31. The fourth-order valence-electron chi connectivity index (χ4n) is 1.56. The summed E-state index contributed by atoms with van der Waals surface area (Å²) in [5.74, 6) is 0.483. The molecule has 0 N–H and O–H groups in total. The predicted octanol–water partition coefficient (Wildman–Crippen LogP) is 1.64. The molecule has 1 atom stereocenters.